The predicted octanol–water partition coefficient (Wildman–Crippen LogP) is 3.61. The van der Waals surface area contributed by atoms with Gasteiger partial charge in [-0.25, -0.2) is 0 Å². The van der Waals surface area contributed by atoms with Crippen LogP contribution in [0.5, 0.6) is 5.75 Å². The second-order valence-corrected chi connectivity index (χ2v) is 7.14. The Morgan fingerprint density at radius 2 is 1.74 bits per heavy atom. The average Bonchev–Trinajstić information content (AvgIpc) is 3.15. The number of halogens is 3. The number of nitrogens with two attached hydrogens (primary N) is 1. The number of carbonyl (C=O) groups excluding carboxylic acids is 1. The smallest absolute Gasteiger partial charge is 0.416 e. The van der Waals surface area contributed by atoms with Crippen LogP contribution in [0.3, 0.4) is 0 Å². The minimum absolute atomic E-state index is 0.0189. The summed E-state index contributed by atoms with van der Waals surface area (Å²) >= 11 is 0. The van der Waals surface area contributed by atoms with Crippen LogP contribution in [0.1, 0.15) is 15.9 Å². The number of nitrogen functional groups attached to an aromatic ring is 1. The number of phenols is 1. The number of phenolic OH excluding ortho intramolecular Hbond substituents is 1. The van der Waals surface area contributed by atoms with E-state index in [0.717, 1.165) is 17.8 Å². The van der Waals surface area contributed by atoms with Crippen LogP contribution in [0.15, 0.2) is 53.1 Å². The van der Waals surface area contributed by atoms with Crippen LogP contribution in [-0.2, 0) is 6.18 Å². The zero-order valence-corrected chi connectivity index (χ0v) is 16.3. The van der Waals surface area contributed by atoms with Crippen molar-refractivity contribution in [3.8, 4) is 17.0 Å². The van der Waals surface area contributed by atoms with E-state index in [1.165, 1.54) is 12.1 Å². The van der Waals surface area contributed by atoms with Gasteiger partial charge in [-0.05, 0) is 36.4 Å². The summed E-state index contributed by atoms with van der Waals surface area (Å²) in [6.07, 6.45) is -4.53. The minimum Gasteiger partial charge on any atom is -0.508 e. The topological polar surface area (TPSA) is 95.8 Å². The van der Waals surface area contributed by atoms with Gasteiger partial charge < -0.3 is 25.2 Å². The number of anilines is 2. The van der Waals surface area contributed by atoms with E-state index in [0.29, 0.717) is 26.2 Å². The summed E-state index contributed by atoms with van der Waals surface area (Å²) in [4.78, 5) is 16.7. The third-order valence-corrected chi connectivity index (χ3v) is 5.18. The molecule has 3 aromatic rings. The monoisotopic (exact) mass is 432 g/mol. The van der Waals surface area contributed by atoms with Crippen molar-refractivity contribution >= 4 is 17.5 Å². The lowest BCUT2D eigenvalue weighted by Crippen LogP contribution is -2.49. The predicted molar refractivity (Wildman–Crippen MR) is 108 cm³/mol. The number of piperazine rings is 1. The van der Waals surface area contributed by atoms with Gasteiger partial charge in [-0.3, -0.25) is 4.79 Å². The molecule has 0 aliphatic carbocycles. The first kappa shape index (κ1) is 20.6. The zero-order valence-electron chi connectivity index (χ0n) is 16.3. The molecule has 7 nitrogen and oxygen atoms in total. The van der Waals surface area contributed by atoms with Crippen molar-refractivity contribution in [1.29, 1.82) is 0 Å². The first-order valence-electron chi connectivity index (χ1n) is 9.50. The first-order valence-corrected chi connectivity index (χ1v) is 9.50. The van der Waals surface area contributed by atoms with Crippen LogP contribution in [0, 0.1) is 0 Å². The Hall–Kier alpha value is -3.69. The van der Waals surface area contributed by atoms with Gasteiger partial charge in [0.2, 0.25) is 5.88 Å². The number of carbonyl (C=O) groups is 1. The van der Waals surface area contributed by atoms with Crippen LogP contribution >= 0.6 is 0 Å². The molecule has 3 N–H and O–H groups in total. The highest BCUT2D eigenvalue weighted by atomic mass is 19.4. The molecule has 2 heterocycles. The number of nitrogens with zero attached hydrogens (tertiary/aromatic N) is 3. The molecule has 0 unspecified atom stereocenters. The summed E-state index contributed by atoms with van der Waals surface area (Å²) in [5, 5.41) is 13.2. The maximum atomic E-state index is 13.1. The van der Waals surface area contributed by atoms with Crippen molar-refractivity contribution < 1.29 is 27.6 Å². The Bertz CT molecular complexity index is 1090. The van der Waals surface area contributed by atoms with E-state index in [2.05, 4.69) is 10.1 Å². The number of benzene rings is 2. The van der Waals surface area contributed by atoms with Crippen LogP contribution in [0.25, 0.3) is 11.3 Å². The molecule has 1 saturated heterocycles. The normalized spacial score (nSPS) is 14.7. The fourth-order valence-corrected chi connectivity index (χ4v) is 3.54. The van der Waals surface area contributed by atoms with Crippen molar-refractivity contribution in [2.45, 2.75) is 6.18 Å². The Morgan fingerprint density at radius 3 is 2.39 bits per heavy atom. The number of hydrogen-bond donors (Lipinski definition) is 2. The fourth-order valence-electron chi connectivity index (χ4n) is 3.54. The summed E-state index contributed by atoms with van der Waals surface area (Å²) < 4.78 is 44.2. The molecule has 0 spiro atoms. The maximum absolute atomic E-state index is 13.1. The number of alkyl halides is 3. The third-order valence-electron chi connectivity index (χ3n) is 5.18. The largest absolute Gasteiger partial charge is 0.508 e. The summed E-state index contributed by atoms with van der Waals surface area (Å²) in [5.74, 6) is -0.516. The lowest BCUT2D eigenvalue weighted by atomic mass is 10.0. The molecule has 1 fully saturated rings. The molecular formula is C21H19F3N4O3. The highest BCUT2D eigenvalue weighted by Gasteiger charge is 2.33. The number of amides is 1. The summed E-state index contributed by atoms with van der Waals surface area (Å²) in [5.41, 5.74) is 5.91. The van der Waals surface area contributed by atoms with Crippen LogP contribution < -0.4 is 10.6 Å². The standard InChI is InChI=1S/C21H19F3N4O3/c22-21(23,24)14-3-1-2-13(12-14)18-17(19(25)31-26-18)20(30)28-10-8-27(9-11-28)15-4-6-16(29)7-5-15/h1-7,12,29H,8-11,25H2. The maximum Gasteiger partial charge on any atom is 0.416 e. The Balaban J connectivity index is 1.54. The van der Waals surface area contributed by atoms with E-state index < -0.39 is 17.6 Å². The van der Waals surface area contributed by atoms with Crippen molar-refractivity contribution in [3.05, 3.63) is 59.7 Å². The van der Waals surface area contributed by atoms with E-state index in [1.807, 2.05) is 0 Å². The van der Waals surface area contributed by atoms with Gasteiger partial charge in [-0.2, -0.15) is 13.2 Å². The number of aromatic hydroxyl groups is 1. The second kappa shape index (κ2) is 7.86. The molecule has 0 radical (unpaired) electrons. The van der Waals surface area contributed by atoms with Gasteiger partial charge in [0.05, 0.1) is 5.56 Å². The Labute approximate surface area is 175 Å². The lowest BCUT2D eigenvalue weighted by Gasteiger charge is -2.36. The minimum atomic E-state index is -4.53. The van der Waals surface area contributed by atoms with Crippen molar-refractivity contribution in [1.82, 2.24) is 10.1 Å². The lowest BCUT2D eigenvalue weighted by molar-refractivity contribution is -0.137. The molecule has 1 amide bonds. The SMILES string of the molecule is Nc1onc(-c2cccc(C(F)(F)F)c2)c1C(=O)N1CCN(c2ccc(O)cc2)CC1. The van der Waals surface area contributed by atoms with E-state index in [1.54, 1.807) is 29.2 Å². The quantitative estimate of drug-likeness (QED) is 0.657. The van der Waals surface area contributed by atoms with Crippen LogP contribution in [0.2, 0.25) is 0 Å². The van der Waals surface area contributed by atoms with Crippen LogP contribution in [0.4, 0.5) is 24.7 Å². The molecule has 0 atom stereocenters. The van der Waals surface area contributed by atoms with Gasteiger partial charge in [-0.1, -0.05) is 17.3 Å². The van der Waals surface area contributed by atoms with Crippen molar-refractivity contribution in [2.24, 2.45) is 0 Å². The second-order valence-electron chi connectivity index (χ2n) is 7.14. The summed E-state index contributed by atoms with van der Waals surface area (Å²) in [6, 6.07) is 11.3. The van der Waals surface area contributed by atoms with E-state index in [9.17, 15) is 23.1 Å². The molecule has 4 rings (SSSR count). The molecule has 0 saturated carbocycles. The van der Waals surface area contributed by atoms with Gasteiger partial charge in [0.25, 0.3) is 5.91 Å². The Kier molecular flexibility index (Phi) is 5.22. The zero-order chi connectivity index (χ0) is 22.2. The van der Waals surface area contributed by atoms with Crippen LogP contribution in [-0.4, -0.2) is 47.2 Å². The molecular weight excluding hydrogens is 413 g/mol. The van der Waals surface area contributed by atoms with E-state index in [-0.39, 0.29) is 28.5 Å². The van der Waals surface area contributed by atoms with E-state index >= 15 is 0 Å². The molecule has 2 aromatic carbocycles. The van der Waals surface area contributed by atoms with E-state index in [4.69, 9.17) is 10.3 Å². The van der Waals surface area contributed by atoms with Gasteiger partial charge in [-0.15, -0.1) is 0 Å². The van der Waals surface area contributed by atoms with Gasteiger partial charge in [0, 0.05) is 37.4 Å². The molecule has 10 heteroatoms. The molecule has 1 aliphatic heterocycles. The molecule has 162 valence electrons. The van der Waals surface area contributed by atoms with Crippen molar-refractivity contribution in [2.75, 3.05) is 36.8 Å². The highest BCUT2D eigenvalue weighted by Crippen LogP contribution is 2.34. The van der Waals surface area contributed by atoms with Crippen molar-refractivity contribution in [3.63, 3.8) is 0 Å². The average molecular weight is 432 g/mol. The summed E-state index contributed by atoms with van der Waals surface area (Å²) in [6.45, 7) is 1.85. The Morgan fingerprint density at radius 1 is 1.06 bits per heavy atom. The third kappa shape index (κ3) is 4.14. The molecule has 0 bridgehead atoms. The van der Waals surface area contributed by atoms with Gasteiger partial charge >= 0.3 is 6.18 Å². The molecule has 1 aromatic heterocycles. The highest BCUT2D eigenvalue weighted by molar-refractivity contribution is 6.03. The first-order chi connectivity index (χ1) is 14.7. The fraction of sp³-hybridized carbons (Fsp3) is 0.238. The number of hydrogen-bond acceptors (Lipinski definition) is 6. The molecule has 31 heavy (non-hydrogen) atoms. The summed E-state index contributed by atoms with van der Waals surface area (Å²) in [7, 11) is 0. The number of aromatic nitrogens is 1. The number of rotatable bonds is 3. The van der Waals surface area contributed by atoms with Gasteiger partial charge in [0.1, 0.15) is 17.0 Å². The molecule has 1 aliphatic rings. The van der Waals surface area contributed by atoms with Gasteiger partial charge in [0.15, 0.2) is 0 Å².